The summed E-state index contributed by atoms with van der Waals surface area (Å²) in [5, 5.41) is 8.20. The summed E-state index contributed by atoms with van der Waals surface area (Å²) in [5.74, 6) is 0.672. The van der Waals surface area contributed by atoms with Crippen LogP contribution in [0.25, 0.3) is 82.6 Å². The summed E-state index contributed by atoms with van der Waals surface area (Å²) >= 11 is 0. The molecule has 0 unspecified atom stereocenters. The van der Waals surface area contributed by atoms with Crippen LogP contribution in [0.4, 0.5) is 0 Å². The first-order chi connectivity index (χ1) is 21.3. The van der Waals surface area contributed by atoms with Crippen LogP contribution in [-0.2, 0) is 0 Å². The number of rotatable bonds is 3. The van der Waals surface area contributed by atoms with Crippen molar-refractivity contribution in [2.75, 3.05) is 0 Å². The molecule has 2 heterocycles. The highest BCUT2D eigenvalue weighted by atomic mass is 15.2. The van der Waals surface area contributed by atoms with E-state index < -0.39 is 0 Å². The summed E-state index contributed by atoms with van der Waals surface area (Å²) in [6, 6.07) is 53.7. The molecule has 0 N–H and O–H groups in total. The van der Waals surface area contributed by atoms with Gasteiger partial charge in [0, 0.05) is 27.1 Å². The Hall–Kier alpha value is -5.80. The zero-order chi connectivity index (χ0) is 28.3. The molecule has 0 saturated carbocycles. The minimum atomic E-state index is 0.672. The average molecular weight is 548 g/mol. The molecule has 0 aliphatic rings. The van der Waals surface area contributed by atoms with E-state index in [2.05, 4.69) is 156 Å². The molecule has 0 aliphatic carbocycles. The molecule has 0 radical (unpaired) electrons. The fourth-order valence-corrected chi connectivity index (χ4v) is 6.60. The average Bonchev–Trinajstić information content (AvgIpc) is 3.43. The minimum absolute atomic E-state index is 0.672. The maximum absolute atomic E-state index is 5.39. The molecule has 0 bridgehead atoms. The summed E-state index contributed by atoms with van der Waals surface area (Å²) in [4.78, 5) is 10.7. The van der Waals surface area contributed by atoms with Gasteiger partial charge in [0.1, 0.15) is 0 Å². The number of aromatic nitrogens is 3. The van der Waals surface area contributed by atoms with Crippen molar-refractivity contribution in [2.45, 2.75) is 0 Å². The Balaban J connectivity index is 1.41. The van der Waals surface area contributed by atoms with Gasteiger partial charge in [-0.1, -0.05) is 127 Å². The second-order valence-corrected chi connectivity index (χ2v) is 11.0. The normalized spacial score (nSPS) is 11.7. The van der Waals surface area contributed by atoms with Crippen LogP contribution in [0.2, 0.25) is 0 Å². The van der Waals surface area contributed by atoms with Crippen LogP contribution in [0, 0.1) is 0 Å². The molecule has 200 valence electrons. The van der Waals surface area contributed by atoms with Gasteiger partial charge in [-0.2, -0.15) is 0 Å². The van der Waals surface area contributed by atoms with Gasteiger partial charge >= 0.3 is 0 Å². The van der Waals surface area contributed by atoms with Gasteiger partial charge < -0.3 is 0 Å². The predicted molar refractivity (Wildman–Crippen MR) is 180 cm³/mol. The van der Waals surface area contributed by atoms with E-state index >= 15 is 0 Å². The molecular formula is C40H25N3. The van der Waals surface area contributed by atoms with Crippen molar-refractivity contribution in [3.05, 3.63) is 152 Å². The maximum Gasteiger partial charge on any atom is 0.235 e. The maximum atomic E-state index is 5.39. The minimum Gasteiger partial charge on any atom is -0.278 e. The van der Waals surface area contributed by atoms with Crippen LogP contribution in [0.3, 0.4) is 0 Å². The number of para-hydroxylation sites is 1. The number of hydrogen-bond acceptors (Lipinski definition) is 2. The lowest BCUT2D eigenvalue weighted by atomic mass is 9.98. The summed E-state index contributed by atoms with van der Waals surface area (Å²) in [5.41, 5.74) is 7.49. The molecule has 2 aromatic heterocycles. The van der Waals surface area contributed by atoms with Gasteiger partial charge in [-0.25, -0.2) is 9.97 Å². The summed E-state index contributed by atoms with van der Waals surface area (Å²) in [7, 11) is 0. The third-order valence-electron chi connectivity index (χ3n) is 8.58. The van der Waals surface area contributed by atoms with E-state index in [4.69, 9.17) is 9.97 Å². The van der Waals surface area contributed by atoms with Crippen LogP contribution in [0.1, 0.15) is 0 Å². The van der Waals surface area contributed by atoms with Crippen LogP contribution in [0.15, 0.2) is 152 Å². The van der Waals surface area contributed by atoms with Crippen molar-refractivity contribution in [3.8, 4) is 28.3 Å². The van der Waals surface area contributed by atoms with Gasteiger partial charge in [0.25, 0.3) is 0 Å². The Bertz CT molecular complexity index is 2510. The van der Waals surface area contributed by atoms with E-state index in [0.717, 1.165) is 49.5 Å². The third-order valence-corrected chi connectivity index (χ3v) is 8.58. The number of hydrogen-bond donors (Lipinski definition) is 0. The van der Waals surface area contributed by atoms with Crippen molar-refractivity contribution in [1.82, 2.24) is 14.5 Å². The molecule has 9 aromatic rings. The predicted octanol–water partition coefficient (Wildman–Crippen LogP) is 10.4. The lowest BCUT2D eigenvalue weighted by Gasteiger charge is -2.14. The Morgan fingerprint density at radius 3 is 1.91 bits per heavy atom. The van der Waals surface area contributed by atoms with E-state index in [9.17, 15) is 0 Å². The third kappa shape index (κ3) is 3.68. The first-order valence-corrected chi connectivity index (χ1v) is 14.6. The van der Waals surface area contributed by atoms with Gasteiger partial charge in [0.2, 0.25) is 5.95 Å². The molecule has 0 amide bonds. The van der Waals surface area contributed by atoms with Crippen molar-refractivity contribution in [2.24, 2.45) is 0 Å². The monoisotopic (exact) mass is 547 g/mol. The van der Waals surface area contributed by atoms with E-state index in [1.54, 1.807) is 0 Å². The van der Waals surface area contributed by atoms with E-state index in [1.807, 2.05) is 0 Å². The quantitative estimate of drug-likeness (QED) is 0.206. The smallest absolute Gasteiger partial charge is 0.235 e. The summed E-state index contributed by atoms with van der Waals surface area (Å²) in [6.07, 6.45) is 0. The second kappa shape index (κ2) is 9.37. The zero-order valence-corrected chi connectivity index (χ0v) is 23.3. The molecule has 0 saturated heterocycles. The molecular weight excluding hydrogens is 522 g/mol. The highest BCUT2D eigenvalue weighted by Gasteiger charge is 2.19. The van der Waals surface area contributed by atoms with Gasteiger partial charge in [-0.15, -0.1) is 0 Å². The first kappa shape index (κ1) is 23.9. The Labute approximate surface area is 248 Å². The molecule has 0 aliphatic heterocycles. The van der Waals surface area contributed by atoms with Gasteiger partial charge in [-0.3, -0.25) is 4.57 Å². The van der Waals surface area contributed by atoms with Crippen molar-refractivity contribution in [1.29, 1.82) is 0 Å². The van der Waals surface area contributed by atoms with Crippen LogP contribution in [0.5, 0.6) is 0 Å². The molecule has 3 heteroatoms. The standard InChI is InChI=1S/C40H25N3/c1-2-11-26(12-3-1)29-15-10-16-30(25-29)38-34-23-21-28-14-5-7-18-32(28)39(34)42-40(41-38)43-35-20-9-8-19-33(35)37-31-17-6-4-13-27(31)22-24-36(37)43/h1-25H. The molecule has 0 spiro atoms. The Morgan fingerprint density at radius 1 is 0.395 bits per heavy atom. The van der Waals surface area contributed by atoms with E-state index in [0.29, 0.717) is 5.95 Å². The van der Waals surface area contributed by atoms with Crippen LogP contribution < -0.4 is 0 Å². The molecule has 9 rings (SSSR count). The van der Waals surface area contributed by atoms with E-state index in [-0.39, 0.29) is 0 Å². The van der Waals surface area contributed by atoms with Gasteiger partial charge in [-0.05, 0) is 51.6 Å². The summed E-state index contributed by atoms with van der Waals surface area (Å²) < 4.78 is 2.24. The summed E-state index contributed by atoms with van der Waals surface area (Å²) in [6.45, 7) is 0. The highest BCUT2D eigenvalue weighted by molar-refractivity contribution is 6.21. The zero-order valence-electron chi connectivity index (χ0n) is 23.3. The second-order valence-electron chi connectivity index (χ2n) is 11.0. The number of benzene rings is 7. The topological polar surface area (TPSA) is 30.7 Å². The molecule has 7 aromatic carbocycles. The molecule has 0 fully saturated rings. The van der Waals surface area contributed by atoms with Gasteiger partial charge in [0.05, 0.1) is 22.2 Å². The number of fused-ring (bicyclic) bond motifs is 8. The lowest BCUT2D eigenvalue weighted by molar-refractivity contribution is 1.02. The van der Waals surface area contributed by atoms with Crippen molar-refractivity contribution >= 4 is 54.3 Å². The molecule has 0 atom stereocenters. The largest absolute Gasteiger partial charge is 0.278 e. The first-order valence-electron chi connectivity index (χ1n) is 14.6. The number of nitrogens with zero attached hydrogens (tertiary/aromatic N) is 3. The van der Waals surface area contributed by atoms with Crippen molar-refractivity contribution in [3.63, 3.8) is 0 Å². The van der Waals surface area contributed by atoms with E-state index in [1.165, 1.54) is 27.1 Å². The Kier molecular flexibility index (Phi) is 5.20. The molecule has 3 nitrogen and oxygen atoms in total. The van der Waals surface area contributed by atoms with Gasteiger partial charge in [0.15, 0.2) is 0 Å². The Morgan fingerprint density at radius 2 is 1.05 bits per heavy atom. The lowest BCUT2D eigenvalue weighted by Crippen LogP contribution is -2.04. The SMILES string of the molecule is c1ccc(-c2cccc(-c3nc(-n4c5ccccc5c5c6ccccc6ccc54)nc4c3ccc3ccccc34)c2)cc1. The highest BCUT2D eigenvalue weighted by Crippen LogP contribution is 2.38. The fourth-order valence-electron chi connectivity index (χ4n) is 6.60. The van der Waals surface area contributed by atoms with Crippen LogP contribution >= 0.6 is 0 Å². The van der Waals surface area contributed by atoms with Crippen LogP contribution in [-0.4, -0.2) is 14.5 Å². The van der Waals surface area contributed by atoms with Crippen molar-refractivity contribution < 1.29 is 0 Å². The molecule has 43 heavy (non-hydrogen) atoms. The fraction of sp³-hybridized carbons (Fsp3) is 0.